The number of hydrogen-bond donors (Lipinski definition) is 1. The standard InChI is InChI=1S/C22H26ClN5O2S/c23-18-13-19(27-9-1-2-10-27)26-22(25-18)31-14-15-3-5-17(6-4-15)21(30)28-11-7-16(8-12-28)20(24)29/h3-6,13,16H,1-2,7-12,14H2,(H2,24,29). The van der Waals surface area contributed by atoms with E-state index in [1.54, 1.807) is 4.90 Å². The first-order chi connectivity index (χ1) is 15.0. The summed E-state index contributed by atoms with van der Waals surface area (Å²) in [5.41, 5.74) is 7.11. The predicted molar refractivity (Wildman–Crippen MR) is 122 cm³/mol. The first kappa shape index (κ1) is 21.9. The van der Waals surface area contributed by atoms with Crippen LogP contribution < -0.4 is 10.6 Å². The van der Waals surface area contributed by atoms with Crippen LogP contribution in [0.4, 0.5) is 5.82 Å². The maximum atomic E-state index is 12.7. The second-order valence-corrected chi connectivity index (χ2v) is 9.31. The fourth-order valence-corrected chi connectivity index (χ4v) is 5.04. The summed E-state index contributed by atoms with van der Waals surface area (Å²) >= 11 is 7.74. The summed E-state index contributed by atoms with van der Waals surface area (Å²) in [5.74, 6) is 1.18. The Morgan fingerprint density at radius 2 is 1.74 bits per heavy atom. The Labute approximate surface area is 191 Å². The molecule has 0 saturated carbocycles. The molecule has 2 aliphatic rings. The highest BCUT2D eigenvalue weighted by molar-refractivity contribution is 7.98. The van der Waals surface area contributed by atoms with E-state index in [0.29, 0.717) is 47.6 Å². The molecule has 9 heteroatoms. The summed E-state index contributed by atoms with van der Waals surface area (Å²) < 4.78 is 0. The van der Waals surface area contributed by atoms with E-state index in [-0.39, 0.29) is 17.7 Å². The van der Waals surface area contributed by atoms with Gasteiger partial charge in [-0.15, -0.1) is 0 Å². The fraction of sp³-hybridized carbons (Fsp3) is 0.455. The lowest BCUT2D eigenvalue weighted by Gasteiger charge is -2.30. The van der Waals surface area contributed by atoms with Crippen molar-refractivity contribution >= 4 is 41.0 Å². The number of piperidine rings is 1. The molecule has 2 aliphatic heterocycles. The number of carbonyl (C=O) groups excluding carboxylic acids is 2. The molecule has 2 amide bonds. The zero-order valence-corrected chi connectivity index (χ0v) is 18.9. The number of anilines is 1. The average Bonchev–Trinajstić information content (AvgIpc) is 3.32. The SMILES string of the molecule is NC(=O)C1CCN(C(=O)c2ccc(CSc3nc(Cl)cc(N4CCCC4)n3)cc2)CC1. The van der Waals surface area contributed by atoms with Crippen molar-refractivity contribution in [2.24, 2.45) is 11.7 Å². The van der Waals surface area contributed by atoms with Gasteiger partial charge >= 0.3 is 0 Å². The molecule has 1 aromatic heterocycles. The van der Waals surface area contributed by atoms with Crippen LogP contribution in [0, 0.1) is 5.92 Å². The number of likely N-dealkylation sites (tertiary alicyclic amines) is 1. The third-order valence-corrected chi connectivity index (χ3v) is 6.96. The molecular weight excluding hydrogens is 434 g/mol. The number of primary amides is 1. The Bertz CT molecular complexity index is 941. The van der Waals surface area contributed by atoms with Gasteiger partial charge in [0.1, 0.15) is 11.0 Å². The molecule has 0 radical (unpaired) electrons. The molecule has 0 bridgehead atoms. The molecule has 3 heterocycles. The van der Waals surface area contributed by atoms with Crippen LogP contribution in [0.15, 0.2) is 35.5 Å². The Balaban J connectivity index is 1.34. The second-order valence-electron chi connectivity index (χ2n) is 7.98. The van der Waals surface area contributed by atoms with E-state index in [9.17, 15) is 9.59 Å². The van der Waals surface area contributed by atoms with Gasteiger partial charge in [0, 0.05) is 49.5 Å². The van der Waals surface area contributed by atoms with Crippen LogP contribution in [0.25, 0.3) is 0 Å². The van der Waals surface area contributed by atoms with Crippen LogP contribution in [-0.4, -0.2) is 52.9 Å². The van der Waals surface area contributed by atoms with Crippen LogP contribution in [0.5, 0.6) is 0 Å². The van der Waals surface area contributed by atoms with Crippen molar-refractivity contribution in [1.82, 2.24) is 14.9 Å². The van der Waals surface area contributed by atoms with Gasteiger partial charge in [0.05, 0.1) is 0 Å². The van der Waals surface area contributed by atoms with E-state index in [0.717, 1.165) is 24.5 Å². The number of halogens is 1. The zero-order chi connectivity index (χ0) is 21.8. The van der Waals surface area contributed by atoms with Crippen molar-refractivity contribution in [1.29, 1.82) is 0 Å². The van der Waals surface area contributed by atoms with Crippen LogP contribution in [0.1, 0.15) is 41.6 Å². The summed E-state index contributed by atoms with van der Waals surface area (Å²) in [7, 11) is 0. The monoisotopic (exact) mass is 459 g/mol. The lowest BCUT2D eigenvalue weighted by atomic mass is 9.96. The van der Waals surface area contributed by atoms with E-state index in [2.05, 4.69) is 14.9 Å². The van der Waals surface area contributed by atoms with Gasteiger partial charge in [-0.25, -0.2) is 9.97 Å². The van der Waals surface area contributed by atoms with Gasteiger partial charge < -0.3 is 15.5 Å². The van der Waals surface area contributed by atoms with Crippen LogP contribution >= 0.6 is 23.4 Å². The topological polar surface area (TPSA) is 92.4 Å². The molecule has 2 fully saturated rings. The highest BCUT2D eigenvalue weighted by Gasteiger charge is 2.26. The van der Waals surface area contributed by atoms with Gasteiger partial charge in [0.25, 0.3) is 5.91 Å². The summed E-state index contributed by atoms with van der Waals surface area (Å²) in [6, 6.07) is 9.45. The maximum absolute atomic E-state index is 12.7. The number of nitrogens with zero attached hydrogens (tertiary/aromatic N) is 4. The average molecular weight is 460 g/mol. The molecular formula is C22H26ClN5O2S. The molecule has 7 nitrogen and oxygen atoms in total. The Kier molecular flexibility index (Phi) is 6.97. The van der Waals surface area contributed by atoms with Crippen molar-refractivity contribution in [2.45, 2.75) is 36.6 Å². The second kappa shape index (κ2) is 9.87. The third-order valence-electron chi connectivity index (χ3n) is 5.84. The number of hydrogen-bond acceptors (Lipinski definition) is 6. The van der Waals surface area contributed by atoms with E-state index in [1.807, 2.05) is 30.3 Å². The number of aromatic nitrogens is 2. The summed E-state index contributed by atoms with van der Waals surface area (Å²) in [6.45, 7) is 3.14. The predicted octanol–water partition coefficient (Wildman–Crippen LogP) is 3.36. The summed E-state index contributed by atoms with van der Waals surface area (Å²) in [6.07, 6.45) is 3.63. The molecule has 0 atom stereocenters. The highest BCUT2D eigenvalue weighted by Crippen LogP contribution is 2.27. The number of thioether (sulfide) groups is 1. The van der Waals surface area contributed by atoms with Crippen molar-refractivity contribution < 1.29 is 9.59 Å². The maximum Gasteiger partial charge on any atom is 0.253 e. The lowest BCUT2D eigenvalue weighted by Crippen LogP contribution is -2.41. The quantitative estimate of drug-likeness (QED) is 0.404. The lowest BCUT2D eigenvalue weighted by molar-refractivity contribution is -0.123. The summed E-state index contributed by atoms with van der Waals surface area (Å²) in [5, 5.41) is 1.12. The van der Waals surface area contributed by atoms with E-state index in [4.69, 9.17) is 17.3 Å². The van der Waals surface area contributed by atoms with Crippen molar-refractivity contribution in [3.63, 3.8) is 0 Å². The molecule has 0 aliphatic carbocycles. The number of carbonyl (C=O) groups is 2. The van der Waals surface area contributed by atoms with Crippen molar-refractivity contribution in [2.75, 3.05) is 31.1 Å². The van der Waals surface area contributed by atoms with Gasteiger partial charge in [0.15, 0.2) is 5.16 Å². The van der Waals surface area contributed by atoms with Gasteiger partial charge in [-0.1, -0.05) is 35.5 Å². The van der Waals surface area contributed by atoms with Gasteiger partial charge in [-0.3, -0.25) is 9.59 Å². The molecule has 31 heavy (non-hydrogen) atoms. The number of amides is 2. The van der Waals surface area contributed by atoms with E-state index in [1.165, 1.54) is 24.6 Å². The van der Waals surface area contributed by atoms with Crippen LogP contribution in [0.3, 0.4) is 0 Å². The van der Waals surface area contributed by atoms with Crippen molar-refractivity contribution in [3.8, 4) is 0 Å². The van der Waals surface area contributed by atoms with E-state index < -0.39 is 0 Å². The normalized spacial score (nSPS) is 17.2. The minimum absolute atomic E-state index is 0.00412. The molecule has 2 saturated heterocycles. The van der Waals surface area contributed by atoms with Gasteiger partial charge in [0.2, 0.25) is 5.91 Å². The molecule has 0 spiro atoms. The number of nitrogens with two attached hydrogens (primary N) is 1. The number of benzene rings is 1. The third kappa shape index (κ3) is 5.49. The molecule has 2 aromatic rings. The van der Waals surface area contributed by atoms with Gasteiger partial charge in [-0.2, -0.15) is 0 Å². The summed E-state index contributed by atoms with van der Waals surface area (Å²) in [4.78, 5) is 37.1. The van der Waals surface area contributed by atoms with Crippen molar-refractivity contribution in [3.05, 3.63) is 46.6 Å². The first-order valence-electron chi connectivity index (χ1n) is 10.6. The first-order valence-corrected chi connectivity index (χ1v) is 12.0. The fourth-order valence-electron chi connectivity index (χ4n) is 4.00. The zero-order valence-electron chi connectivity index (χ0n) is 17.3. The molecule has 164 valence electrons. The molecule has 1 aromatic carbocycles. The molecule has 0 unspecified atom stereocenters. The highest BCUT2D eigenvalue weighted by atomic mass is 35.5. The minimum atomic E-state index is -0.273. The molecule has 4 rings (SSSR count). The molecule has 2 N–H and O–H groups in total. The minimum Gasteiger partial charge on any atom is -0.369 e. The largest absolute Gasteiger partial charge is 0.369 e. The Morgan fingerprint density at radius 1 is 1.06 bits per heavy atom. The Hall–Kier alpha value is -2.32. The number of rotatable bonds is 6. The Morgan fingerprint density at radius 3 is 2.39 bits per heavy atom. The van der Waals surface area contributed by atoms with Crippen LogP contribution in [-0.2, 0) is 10.5 Å². The van der Waals surface area contributed by atoms with E-state index >= 15 is 0 Å². The smallest absolute Gasteiger partial charge is 0.253 e. The van der Waals surface area contributed by atoms with Gasteiger partial charge in [-0.05, 0) is 43.4 Å². The van der Waals surface area contributed by atoms with Crippen LogP contribution in [0.2, 0.25) is 5.15 Å².